The lowest BCUT2D eigenvalue weighted by atomic mass is 10.0. The van der Waals surface area contributed by atoms with Crippen LogP contribution in [0.15, 0.2) is 41.4 Å². The minimum Gasteiger partial charge on any atom is -0.355 e. The highest BCUT2D eigenvalue weighted by Crippen LogP contribution is 2.34. The number of nitrogens with zero attached hydrogens (tertiary/aromatic N) is 2. The summed E-state index contributed by atoms with van der Waals surface area (Å²) < 4.78 is 52.1. The molecule has 0 atom stereocenters. The highest BCUT2D eigenvalue weighted by molar-refractivity contribution is 7.89. The molecule has 1 aliphatic heterocycles. The first-order chi connectivity index (χ1) is 15.1. The number of sulfonamides is 1. The van der Waals surface area contributed by atoms with Crippen molar-refractivity contribution in [3.63, 3.8) is 0 Å². The van der Waals surface area contributed by atoms with Gasteiger partial charge in [-0.05, 0) is 30.3 Å². The molecule has 2 heterocycles. The van der Waals surface area contributed by atoms with Crippen LogP contribution in [0.1, 0.15) is 21.5 Å². The molecule has 1 aromatic heterocycles. The summed E-state index contributed by atoms with van der Waals surface area (Å²) in [5, 5.41) is 10.6. The van der Waals surface area contributed by atoms with E-state index in [-0.39, 0.29) is 12.5 Å². The smallest absolute Gasteiger partial charge is 0.322 e. The first-order valence-corrected chi connectivity index (χ1v) is 10.8. The fourth-order valence-corrected chi connectivity index (χ4v) is 4.06. The number of fused-ring (bicyclic) bond motifs is 3. The van der Waals surface area contributed by atoms with Crippen LogP contribution in [0.25, 0.3) is 10.9 Å². The number of benzene rings is 2. The number of carbonyl (C=O) groups is 2. The van der Waals surface area contributed by atoms with E-state index in [2.05, 4.69) is 15.6 Å². The van der Waals surface area contributed by atoms with Gasteiger partial charge in [0.05, 0.1) is 22.6 Å². The lowest BCUT2D eigenvalue weighted by Crippen LogP contribution is -2.44. The molecule has 3 aromatic rings. The van der Waals surface area contributed by atoms with E-state index >= 15 is 0 Å². The average molecular weight is 461 g/mol. The third kappa shape index (κ3) is 3.74. The van der Waals surface area contributed by atoms with Gasteiger partial charge in [0.2, 0.25) is 10.0 Å². The van der Waals surface area contributed by atoms with Crippen LogP contribution in [0, 0.1) is 11.6 Å². The molecule has 0 spiro atoms. The van der Waals surface area contributed by atoms with Gasteiger partial charge in [0.25, 0.3) is 5.91 Å². The van der Waals surface area contributed by atoms with Crippen molar-refractivity contribution in [2.75, 3.05) is 11.9 Å². The van der Waals surface area contributed by atoms with Crippen molar-refractivity contribution in [1.29, 1.82) is 0 Å². The number of hydrogen-bond acceptors (Lipinski definition) is 5. The highest BCUT2D eigenvalue weighted by atomic mass is 32.2. The number of rotatable bonds is 4. The Morgan fingerprint density at radius 3 is 2.56 bits per heavy atom. The first kappa shape index (κ1) is 21.6. The van der Waals surface area contributed by atoms with Crippen LogP contribution in [0.4, 0.5) is 19.3 Å². The molecule has 0 saturated carbocycles. The van der Waals surface area contributed by atoms with Crippen molar-refractivity contribution in [1.82, 2.24) is 15.6 Å². The van der Waals surface area contributed by atoms with Gasteiger partial charge in [-0.3, -0.25) is 14.7 Å². The molecule has 9 nitrogen and oxygen atoms in total. The third-order valence-electron chi connectivity index (χ3n) is 5.11. The molecule has 4 rings (SSSR count). The van der Waals surface area contributed by atoms with E-state index in [9.17, 15) is 26.8 Å². The van der Waals surface area contributed by atoms with Gasteiger partial charge in [-0.1, -0.05) is 0 Å². The van der Waals surface area contributed by atoms with Crippen molar-refractivity contribution in [3.8, 4) is 0 Å². The van der Waals surface area contributed by atoms with Crippen LogP contribution in [0.2, 0.25) is 0 Å². The second-order valence-electron chi connectivity index (χ2n) is 7.10. The number of urea groups is 1. The van der Waals surface area contributed by atoms with E-state index in [1.807, 2.05) is 0 Å². The molecule has 0 aliphatic carbocycles. The zero-order chi connectivity index (χ0) is 23.2. The van der Waals surface area contributed by atoms with Crippen LogP contribution in [-0.4, -0.2) is 32.4 Å². The molecule has 0 saturated heterocycles. The first-order valence-electron chi connectivity index (χ1n) is 9.30. The molecule has 0 fully saturated rings. The number of aromatic nitrogens is 1. The quantitative estimate of drug-likeness (QED) is 0.544. The van der Waals surface area contributed by atoms with Crippen LogP contribution in [-0.2, 0) is 23.1 Å². The van der Waals surface area contributed by atoms with Gasteiger partial charge in [-0.15, -0.1) is 0 Å². The number of carbonyl (C=O) groups excluding carboxylic acids is 2. The molecule has 0 radical (unpaired) electrons. The van der Waals surface area contributed by atoms with Crippen LogP contribution in [0.3, 0.4) is 0 Å². The minimum absolute atomic E-state index is 0.153. The number of hydrogen-bond donors (Lipinski definition) is 3. The summed E-state index contributed by atoms with van der Waals surface area (Å²) in [5.74, 6) is -2.64. The molecule has 1 aliphatic rings. The molecule has 12 heteroatoms. The van der Waals surface area contributed by atoms with Crippen molar-refractivity contribution in [2.24, 2.45) is 5.14 Å². The fraction of sp³-hybridized carbons (Fsp3) is 0.150. The fourth-order valence-electron chi connectivity index (χ4n) is 3.53. The molecular formula is C20H17F2N5O4S. The molecule has 2 aromatic carbocycles. The Balaban J connectivity index is 1.83. The summed E-state index contributed by atoms with van der Waals surface area (Å²) in [4.78, 5) is 29.3. The van der Waals surface area contributed by atoms with Gasteiger partial charge in [0.1, 0.15) is 11.6 Å². The number of amides is 3. The molecule has 0 unspecified atom stereocenters. The van der Waals surface area contributed by atoms with Gasteiger partial charge in [0.15, 0.2) is 0 Å². The van der Waals surface area contributed by atoms with E-state index in [0.717, 1.165) is 4.90 Å². The largest absolute Gasteiger partial charge is 0.355 e. The Bertz CT molecular complexity index is 1370. The summed E-state index contributed by atoms with van der Waals surface area (Å²) in [5.41, 5.74) is 1.25. The molecular weight excluding hydrogens is 444 g/mol. The van der Waals surface area contributed by atoms with Crippen LogP contribution < -0.4 is 20.7 Å². The van der Waals surface area contributed by atoms with Crippen LogP contribution in [0.5, 0.6) is 0 Å². The summed E-state index contributed by atoms with van der Waals surface area (Å²) in [6, 6.07) is 5.31. The minimum atomic E-state index is -4.31. The van der Waals surface area contributed by atoms with Crippen molar-refractivity contribution in [3.05, 3.63) is 64.9 Å². The van der Waals surface area contributed by atoms with E-state index < -0.39 is 44.7 Å². The Morgan fingerprint density at radius 1 is 1.25 bits per heavy atom. The van der Waals surface area contributed by atoms with Crippen molar-refractivity contribution < 1.29 is 26.8 Å². The summed E-state index contributed by atoms with van der Waals surface area (Å²) >= 11 is 0. The number of halogens is 2. The second-order valence-corrected chi connectivity index (χ2v) is 8.66. The van der Waals surface area contributed by atoms with Gasteiger partial charge in [-0.2, -0.15) is 0 Å². The SMILES string of the molecule is CNC(=O)c1ccc2c3c(cnc2c1)CNC(=O)N3Cc1c(F)cc(S(N)(=O)=O)cc1F. The van der Waals surface area contributed by atoms with Crippen molar-refractivity contribution >= 4 is 38.6 Å². The number of primary sulfonamides is 1. The van der Waals surface area contributed by atoms with Gasteiger partial charge in [-0.25, -0.2) is 27.1 Å². The number of nitrogens with one attached hydrogen (secondary N) is 2. The van der Waals surface area contributed by atoms with Gasteiger partial charge in [0, 0.05) is 41.9 Å². The standard InChI is InChI=1S/C20H17F2N5O4S/c1-24-19(28)10-2-3-13-17(4-10)25-7-11-8-26-20(29)27(18(11)13)9-14-15(21)5-12(6-16(14)22)32(23,30)31/h2-7H,8-9H2,1H3,(H,24,28)(H,26,29)(H2,23,30,31). The zero-order valence-corrected chi connectivity index (χ0v) is 17.5. The van der Waals surface area contributed by atoms with Gasteiger partial charge < -0.3 is 10.6 Å². The number of nitrogens with two attached hydrogens (primary N) is 1. The molecule has 32 heavy (non-hydrogen) atoms. The lowest BCUT2D eigenvalue weighted by Gasteiger charge is -2.31. The molecule has 0 bridgehead atoms. The molecule has 4 N–H and O–H groups in total. The maximum Gasteiger partial charge on any atom is 0.322 e. The topological polar surface area (TPSA) is 134 Å². The zero-order valence-electron chi connectivity index (χ0n) is 16.6. The Morgan fingerprint density at radius 2 is 1.94 bits per heavy atom. The summed E-state index contributed by atoms with van der Waals surface area (Å²) in [6.07, 6.45) is 1.51. The third-order valence-corrected chi connectivity index (χ3v) is 6.00. The normalized spacial score (nSPS) is 13.6. The van der Waals surface area contributed by atoms with E-state index in [1.54, 1.807) is 18.2 Å². The Kier molecular flexibility index (Phi) is 5.26. The number of anilines is 1. The van der Waals surface area contributed by atoms with E-state index in [1.165, 1.54) is 13.2 Å². The summed E-state index contributed by atoms with van der Waals surface area (Å²) in [6.45, 7) is -0.363. The second kappa shape index (κ2) is 7.80. The predicted molar refractivity (Wildman–Crippen MR) is 111 cm³/mol. The van der Waals surface area contributed by atoms with E-state index in [0.29, 0.717) is 39.8 Å². The van der Waals surface area contributed by atoms with Gasteiger partial charge >= 0.3 is 6.03 Å². The Labute approximate surface area is 181 Å². The maximum atomic E-state index is 14.6. The number of pyridine rings is 1. The van der Waals surface area contributed by atoms with E-state index in [4.69, 9.17) is 5.14 Å². The lowest BCUT2D eigenvalue weighted by molar-refractivity contribution is 0.0963. The monoisotopic (exact) mass is 461 g/mol. The average Bonchev–Trinajstić information content (AvgIpc) is 2.75. The maximum absolute atomic E-state index is 14.6. The van der Waals surface area contributed by atoms with Crippen molar-refractivity contribution in [2.45, 2.75) is 18.0 Å². The molecule has 3 amide bonds. The van der Waals surface area contributed by atoms with Crippen LogP contribution >= 0.6 is 0 Å². The predicted octanol–water partition coefficient (Wildman–Crippen LogP) is 1.75. The molecule has 166 valence electrons. The Hall–Kier alpha value is -3.64. The summed E-state index contributed by atoms with van der Waals surface area (Å²) in [7, 11) is -2.82. The highest BCUT2D eigenvalue weighted by Gasteiger charge is 2.29.